The van der Waals surface area contributed by atoms with Crippen LogP contribution in [0, 0.1) is 0 Å². The fourth-order valence-corrected chi connectivity index (χ4v) is 3.91. The summed E-state index contributed by atoms with van der Waals surface area (Å²) in [6, 6.07) is 14.1. The minimum Gasteiger partial charge on any atom is -0.350 e. The number of carbonyl (C=O) groups is 1. The lowest BCUT2D eigenvalue weighted by atomic mass is 10.1. The molecule has 8 heteroatoms. The van der Waals surface area contributed by atoms with Gasteiger partial charge in [-0.25, -0.2) is 4.98 Å². The van der Waals surface area contributed by atoms with Crippen LogP contribution in [0.3, 0.4) is 0 Å². The van der Waals surface area contributed by atoms with E-state index in [0.717, 1.165) is 35.3 Å². The quantitative estimate of drug-likeness (QED) is 0.662. The van der Waals surface area contributed by atoms with Crippen LogP contribution in [0.1, 0.15) is 29.8 Å². The van der Waals surface area contributed by atoms with E-state index in [0.29, 0.717) is 0 Å². The average molecular weight is 416 g/mol. The number of nitrogens with one attached hydrogen (secondary N) is 1. The predicted molar refractivity (Wildman–Crippen MR) is 108 cm³/mol. The van der Waals surface area contributed by atoms with Gasteiger partial charge in [0.25, 0.3) is 0 Å². The van der Waals surface area contributed by atoms with Gasteiger partial charge in [0.15, 0.2) is 0 Å². The van der Waals surface area contributed by atoms with E-state index in [1.165, 1.54) is 25.0 Å². The second-order valence-corrected chi connectivity index (χ2v) is 7.54. The second kappa shape index (κ2) is 8.47. The van der Waals surface area contributed by atoms with Crippen molar-refractivity contribution in [3.63, 3.8) is 0 Å². The molecule has 0 unspecified atom stereocenters. The molecule has 1 aromatic heterocycles. The molecule has 1 amide bonds. The first-order valence-electron chi connectivity index (χ1n) is 10.00. The molecule has 0 atom stereocenters. The number of benzene rings is 2. The average Bonchev–Trinajstić information content (AvgIpc) is 3.35. The van der Waals surface area contributed by atoms with Gasteiger partial charge < -0.3 is 9.88 Å². The van der Waals surface area contributed by atoms with Crippen LogP contribution in [0.5, 0.6) is 0 Å². The summed E-state index contributed by atoms with van der Waals surface area (Å²) in [7, 11) is 0. The van der Waals surface area contributed by atoms with Gasteiger partial charge in [-0.1, -0.05) is 36.4 Å². The maximum absolute atomic E-state index is 13.4. The normalized spacial score (nSPS) is 15.0. The number of alkyl halides is 3. The highest BCUT2D eigenvalue weighted by atomic mass is 19.4. The largest absolute Gasteiger partial charge is 0.449 e. The molecule has 1 saturated heterocycles. The number of carbonyl (C=O) groups excluding carboxylic acids is 1. The number of rotatable bonds is 6. The highest BCUT2D eigenvalue weighted by Crippen LogP contribution is 2.31. The molecule has 0 aliphatic carbocycles. The molecule has 5 nitrogen and oxygen atoms in total. The van der Waals surface area contributed by atoms with E-state index in [2.05, 4.69) is 15.2 Å². The molecule has 3 aromatic rings. The monoisotopic (exact) mass is 416 g/mol. The van der Waals surface area contributed by atoms with Crippen molar-refractivity contribution in [1.29, 1.82) is 0 Å². The summed E-state index contributed by atoms with van der Waals surface area (Å²) in [4.78, 5) is 18.6. The van der Waals surface area contributed by atoms with Crippen LogP contribution in [-0.4, -0.2) is 33.4 Å². The zero-order chi connectivity index (χ0) is 21.1. The van der Waals surface area contributed by atoms with Gasteiger partial charge in [0.2, 0.25) is 11.7 Å². The molecule has 30 heavy (non-hydrogen) atoms. The van der Waals surface area contributed by atoms with E-state index < -0.39 is 24.5 Å². The van der Waals surface area contributed by atoms with Crippen LogP contribution in [0.2, 0.25) is 0 Å². The van der Waals surface area contributed by atoms with Crippen LogP contribution < -0.4 is 5.32 Å². The smallest absolute Gasteiger partial charge is 0.350 e. The van der Waals surface area contributed by atoms with Gasteiger partial charge in [-0.05, 0) is 49.2 Å². The Hall–Kier alpha value is -2.87. The highest BCUT2D eigenvalue weighted by Gasteiger charge is 2.38. The Kier molecular flexibility index (Phi) is 5.76. The minimum atomic E-state index is -4.64. The Labute approximate surface area is 172 Å². The van der Waals surface area contributed by atoms with Gasteiger partial charge in [-0.2, -0.15) is 13.2 Å². The Morgan fingerprint density at radius 2 is 1.67 bits per heavy atom. The number of imidazole rings is 1. The van der Waals surface area contributed by atoms with Crippen molar-refractivity contribution in [2.75, 3.05) is 13.1 Å². The number of aromatic nitrogens is 2. The number of hydrogen-bond donors (Lipinski definition) is 1. The second-order valence-electron chi connectivity index (χ2n) is 7.54. The molecule has 4 rings (SSSR count). The summed E-state index contributed by atoms with van der Waals surface area (Å²) < 4.78 is 41.2. The molecule has 1 fully saturated rings. The number of hydrogen-bond acceptors (Lipinski definition) is 3. The molecule has 158 valence electrons. The topological polar surface area (TPSA) is 50.2 Å². The highest BCUT2D eigenvalue weighted by molar-refractivity contribution is 5.81. The predicted octanol–water partition coefficient (Wildman–Crippen LogP) is 3.97. The summed E-state index contributed by atoms with van der Waals surface area (Å²) in [5, 5.41) is 2.77. The minimum absolute atomic E-state index is 0.216. The molecule has 0 radical (unpaired) electrons. The van der Waals surface area contributed by atoms with Crippen molar-refractivity contribution >= 4 is 16.9 Å². The van der Waals surface area contributed by atoms with Gasteiger partial charge >= 0.3 is 6.18 Å². The molecule has 1 aliphatic heterocycles. The Bertz CT molecular complexity index is 1040. The lowest BCUT2D eigenvalue weighted by molar-refractivity contribution is -0.147. The van der Waals surface area contributed by atoms with Gasteiger partial charge in [0.05, 0.1) is 11.0 Å². The maximum atomic E-state index is 13.4. The van der Waals surface area contributed by atoms with Gasteiger partial charge in [0, 0.05) is 13.1 Å². The molecule has 2 aromatic carbocycles. The van der Waals surface area contributed by atoms with E-state index >= 15 is 0 Å². The first kappa shape index (κ1) is 20.4. The van der Waals surface area contributed by atoms with Crippen LogP contribution in [0.15, 0.2) is 48.5 Å². The number of nitrogens with zero attached hydrogens (tertiary/aromatic N) is 3. The summed E-state index contributed by atoms with van der Waals surface area (Å²) >= 11 is 0. The number of amides is 1. The summed E-state index contributed by atoms with van der Waals surface area (Å²) in [6.07, 6.45) is -2.25. The first-order chi connectivity index (χ1) is 14.4. The van der Waals surface area contributed by atoms with Gasteiger partial charge in [0.1, 0.15) is 6.54 Å². The molecule has 0 saturated carbocycles. The third kappa shape index (κ3) is 4.48. The van der Waals surface area contributed by atoms with E-state index in [1.807, 2.05) is 24.3 Å². The van der Waals surface area contributed by atoms with Crippen LogP contribution in [0.25, 0.3) is 11.0 Å². The number of fused-ring (bicyclic) bond motifs is 1. The molecule has 0 spiro atoms. The van der Waals surface area contributed by atoms with Crippen molar-refractivity contribution in [2.24, 2.45) is 0 Å². The lowest BCUT2D eigenvalue weighted by Gasteiger charge is -2.18. The van der Waals surface area contributed by atoms with Crippen molar-refractivity contribution in [3.05, 3.63) is 65.5 Å². The van der Waals surface area contributed by atoms with E-state index in [9.17, 15) is 18.0 Å². The van der Waals surface area contributed by atoms with Crippen molar-refractivity contribution in [1.82, 2.24) is 19.8 Å². The maximum Gasteiger partial charge on any atom is 0.449 e. The van der Waals surface area contributed by atoms with E-state index in [1.54, 1.807) is 12.1 Å². The number of likely N-dealkylation sites (tertiary alicyclic amines) is 1. The number of halogens is 3. The zero-order valence-corrected chi connectivity index (χ0v) is 16.5. The third-order valence-corrected chi connectivity index (χ3v) is 5.40. The molecule has 0 bridgehead atoms. The molecular formula is C22H23F3N4O. The van der Waals surface area contributed by atoms with Crippen molar-refractivity contribution in [2.45, 2.75) is 38.7 Å². The van der Waals surface area contributed by atoms with Crippen LogP contribution in [0.4, 0.5) is 13.2 Å². The molecule has 1 aliphatic rings. The molecule has 1 N–H and O–H groups in total. The van der Waals surface area contributed by atoms with Crippen molar-refractivity contribution in [3.8, 4) is 0 Å². The van der Waals surface area contributed by atoms with Crippen LogP contribution >= 0.6 is 0 Å². The Balaban J connectivity index is 1.48. The zero-order valence-electron chi connectivity index (χ0n) is 16.5. The van der Waals surface area contributed by atoms with Gasteiger partial charge in [-0.3, -0.25) is 9.69 Å². The molecular weight excluding hydrogens is 393 g/mol. The van der Waals surface area contributed by atoms with E-state index in [4.69, 9.17) is 0 Å². The fourth-order valence-electron chi connectivity index (χ4n) is 3.91. The lowest BCUT2D eigenvalue weighted by Crippen LogP contribution is -2.29. The number of para-hydroxylation sites is 2. The summed E-state index contributed by atoms with van der Waals surface area (Å²) in [5.74, 6) is -1.55. The fraction of sp³-hybridized carbons (Fsp3) is 0.364. The van der Waals surface area contributed by atoms with Gasteiger partial charge in [-0.15, -0.1) is 0 Å². The standard InChI is InChI=1S/C22H23F3N4O/c23-22(24,25)21-27-18-9-3-4-10-19(18)29(21)15-20(30)26-13-16-7-1-2-8-17(16)14-28-11-5-6-12-28/h1-4,7-10H,5-6,11-15H2,(H,26,30). The Morgan fingerprint density at radius 3 is 2.40 bits per heavy atom. The summed E-state index contributed by atoms with van der Waals surface area (Å²) in [6.45, 7) is 2.78. The third-order valence-electron chi connectivity index (χ3n) is 5.40. The molecule has 2 heterocycles. The first-order valence-corrected chi connectivity index (χ1v) is 10.00. The SMILES string of the molecule is O=C(Cn1c(C(F)(F)F)nc2ccccc21)NCc1ccccc1CN1CCCC1. The van der Waals surface area contributed by atoms with E-state index in [-0.39, 0.29) is 17.6 Å². The van der Waals surface area contributed by atoms with Crippen LogP contribution in [-0.2, 0) is 30.6 Å². The van der Waals surface area contributed by atoms with Crippen molar-refractivity contribution < 1.29 is 18.0 Å². The Morgan fingerprint density at radius 1 is 1.00 bits per heavy atom. The summed E-state index contributed by atoms with van der Waals surface area (Å²) in [5.41, 5.74) is 2.61.